The molecule has 0 aromatic carbocycles. The van der Waals surface area contributed by atoms with Crippen LogP contribution in [0.2, 0.25) is 0 Å². The fourth-order valence-corrected chi connectivity index (χ4v) is 2.32. The van der Waals surface area contributed by atoms with Gasteiger partial charge in [0.15, 0.2) is 0 Å². The van der Waals surface area contributed by atoms with Gasteiger partial charge in [0, 0.05) is 12.6 Å². The van der Waals surface area contributed by atoms with Crippen molar-refractivity contribution < 1.29 is 9.59 Å². The summed E-state index contributed by atoms with van der Waals surface area (Å²) in [4.78, 5) is 24.2. The fraction of sp³-hybridized carbons (Fsp3) is 0.846. The third-order valence-corrected chi connectivity index (χ3v) is 3.37. The number of urea groups is 1. The Morgan fingerprint density at radius 1 is 1.29 bits per heavy atom. The summed E-state index contributed by atoms with van der Waals surface area (Å²) in [6.07, 6.45) is 9.31. The van der Waals surface area contributed by atoms with Crippen molar-refractivity contribution in [1.29, 1.82) is 0 Å². The second-order valence-corrected chi connectivity index (χ2v) is 4.74. The molecule has 0 bridgehead atoms. The van der Waals surface area contributed by atoms with Crippen molar-refractivity contribution in [2.24, 2.45) is 0 Å². The van der Waals surface area contributed by atoms with E-state index in [1.54, 1.807) is 0 Å². The second kappa shape index (κ2) is 8.09. The number of carbonyl (C=O) groups excluding carboxylic acids is 2. The zero-order chi connectivity index (χ0) is 12.5. The highest BCUT2D eigenvalue weighted by Gasteiger charge is 2.24. The average Bonchev–Trinajstić information content (AvgIpc) is 2.37. The Morgan fingerprint density at radius 2 is 2.00 bits per heavy atom. The molecule has 1 rings (SSSR count). The lowest BCUT2D eigenvalue weighted by molar-refractivity contribution is -0.117. The molecule has 3 amide bonds. The summed E-state index contributed by atoms with van der Waals surface area (Å²) in [6, 6.07) is -0.101. The third kappa shape index (κ3) is 4.75. The van der Waals surface area contributed by atoms with Crippen LogP contribution in [-0.4, -0.2) is 29.9 Å². The van der Waals surface area contributed by atoms with Gasteiger partial charge in [-0.05, 0) is 19.3 Å². The van der Waals surface area contributed by atoms with Crippen LogP contribution in [0, 0.1) is 0 Å². The Morgan fingerprint density at radius 3 is 2.59 bits per heavy atom. The Labute approximate surface area is 104 Å². The molecule has 1 aliphatic carbocycles. The number of nitrogens with one attached hydrogen (secondary N) is 1. The average molecular weight is 240 g/mol. The van der Waals surface area contributed by atoms with E-state index in [4.69, 9.17) is 0 Å². The molecule has 4 nitrogen and oxygen atoms in total. The number of unbranched alkanes of at least 4 members (excludes halogenated alkanes) is 2. The molecule has 4 heteroatoms. The first kappa shape index (κ1) is 14.0. The topological polar surface area (TPSA) is 49.4 Å². The van der Waals surface area contributed by atoms with Gasteiger partial charge in [0.25, 0.3) is 0 Å². The van der Waals surface area contributed by atoms with Crippen molar-refractivity contribution in [1.82, 2.24) is 10.2 Å². The van der Waals surface area contributed by atoms with E-state index in [-0.39, 0.29) is 12.1 Å². The highest BCUT2D eigenvalue weighted by atomic mass is 16.2. The molecule has 1 fully saturated rings. The van der Waals surface area contributed by atoms with Crippen LogP contribution in [0.25, 0.3) is 0 Å². The van der Waals surface area contributed by atoms with Crippen molar-refractivity contribution in [2.45, 2.75) is 64.3 Å². The Hall–Kier alpha value is -1.06. The molecule has 98 valence electrons. The van der Waals surface area contributed by atoms with E-state index in [9.17, 15) is 9.59 Å². The minimum absolute atomic E-state index is 0.118. The molecule has 1 saturated carbocycles. The lowest BCUT2D eigenvalue weighted by atomic mass is 9.95. The van der Waals surface area contributed by atoms with E-state index >= 15 is 0 Å². The maximum Gasteiger partial charge on any atom is 0.324 e. The van der Waals surface area contributed by atoms with E-state index in [0.717, 1.165) is 44.9 Å². The smallest absolute Gasteiger partial charge is 0.324 e. The molecule has 0 aliphatic heterocycles. The summed E-state index contributed by atoms with van der Waals surface area (Å²) in [5.41, 5.74) is 0. The highest BCUT2D eigenvalue weighted by molar-refractivity contribution is 5.85. The number of imide groups is 1. The van der Waals surface area contributed by atoms with Gasteiger partial charge in [0.1, 0.15) is 0 Å². The molecular formula is C13H24N2O2. The molecule has 1 aliphatic rings. The molecule has 0 spiro atoms. The third-order valence-electron chi connectivity index (χ3n) is 3.37. The van der Waals surface area contributed by atoms with Crippen molar-refractivity contribution >= 4 is 12.4 Å². The van der Waals surface area contributed by atoms with Gasteiger partial charge in [0.2, 0.25) is 6.41 Å². The van der Waals surface area contributed by atoms with Crippen molar-refractivity contribution in [3.63, 3.8) is 0 Å². The second-order valence-electron chi connectivity index (χ2n) is 4.74. The van der Waals surface area contributed by atoms with Crippen molar-refractivity contribution in [2.75, 3.05) is 6.54 Å². The highest BCUT2D eigenvalue weighted by Crippen LogP contribution is 2.21. The number of carbonyl (C=O) groups is 2. The van der Waals surface area contributed by atoms with Crippen LogP contribution in [0.1, 0.15) is 58.3 Å². The number of rotatable bonds is 6. The normalized spacial score (nSPS) is 16.5. The van der Waals surface area contributed by atoms with Gasteiger partial charge in [-0.3, -0.25) is 9.69 Å². The van der Waals surface area contributed by atoms with Crippen LogP contribution in [-0.2, 0) is 4.79 Å². The molecule has 1 N–H and O–H groups in total. The van der Waals surface area contributed by atoms with Crippen LogP contribution >= 0.6 is 0 Å². The Balaban J connectivity index is 2.32. The number of amides is 3. The molecule has 0 aromatic rings. The molecule has 0 unspecified atom stereocenters. The maximum atomic E-state index is 11.8. The van der Waals surface area contributed by atoms with Crippen LogP contribution < -0.4 is 5.32 Å². The van der Waals surface area contributed by atoms with Crippen molar-refractivity contribution in [3.05, 3.63) is 0 Å². The van der Waals surface area contributed by atoms with Crippen LogP contribution in [0.5, 0.6) is 0 Å². The molecule has 0 atom stereocenters. The van der Waals surface area contributed by atoms with E-state index in [1.165, 1.54) is 11.3 Å². The zero-order valence-corrected chi connectivity index (χ0v) is 10.8. The molecule has 0 aromatic heterocycles. The Kier molecular flexibility index (Phi) is 6.67. The van der Waals surface area contributed by atoms with Gasteiger partial charge in [-0.15, -0.1) is 0 Å². The quantitative estimate of drug-likeness (QED) is 0.573. The van der Waals surface area contributed by atoms with Gasteiger partial charge in [-0.2, -0.15) is 0 Å². The summed E-state index contributed by atoms with van der Waals surface area (Å²) < 4.78 is 0. The largest absolute Gasteiger partial charge is 0.338 e. The summed E-state index contributed by atoms with van der Waals surface area (Å²) in [5.74, 6) is 0. The van der Waals surface area contributed by atoms with E-state index in [2.05, 4.69) is 12.2 Å². The lowest BCUT2D eigenvalue weighted by Crippen LogP contribution is -2.46. The van der Waals surface area contributed by atoms with Gasteiger partial charge in [-0.1, -0.05) is 39.0 Å². The Bertz CT molecular complexity index is 238. The molecule has 0 saturated heterocycles. The van der Waals surface area contributed by atoms with Gasteiger partial charge < -0.3 is 5.32 Å². The SMILES string of the molecule is CCCCCNC(=O)N(C=O)C1CCCCC1. The van der Waals surface area contributed by atoms with Gasteiger partial charge in [0.05, 0.1) is 0 Å². The lowest BCUT2D eigenvalue weighted by Gasteiger charge is -2.29. The minimum Gasteiger partial charge on any atom is -0.338 e. The molecule has 0 heterocycles. The predicted molar refractivity (Wildman–Crippen MR) is 67.7 cm³/mol. The minimum atomic E-state index is -0.219. The zero-order valence-electron chi connectivity index (χ0n) is 10.8. The predicted octanol–water partition coefficient (Wildman–Crippen LogP) is 2.68. The van der Waals surface area contributed by atoms with E-state index in [1.807, 2.05) is 0 Å². The molecule has 0 radical (unpaired) electrons. The standard InChI is InChI=1S/C13H24N2O2/c1-2-3-7-10-14-13(17)15(11-16)12-8-5-4-6-9-12/h11-12H,2-10H2,1H3,(H,14,17). The molecule has 17 heavy (non-hydrogen) atoms. The monoisotopic (exact) mass is 240 g/mol. The first-order valence-corrected chi connectivity index (χ1v) is 6.81. The fourth-order valence-electron chi connectivity index (χ4n) is 2.32. The summed E-state index contributed by atoms with van der Waals surface area (Å²) in [6.45, 7) is 2.80. The van der Waals surface area contributed by atoms with Crippen LogP contribution in [0.3, 0.4) is 0 Å². The summed E-state index contributed by atoms with van der Waals surface area (Å²) >= 11 is 0. The van der Waals surface area contributed by atoms with Gasteiger partial charge >= 0.3 is 6.03 Å². The summed E-state index contributed by atoms with van der Waals surface area (Å²) in [5, 5.41) is 2.82. The van der Waals surface area contributed by atoms with Crippen molar-refractivity contribution in [3.8, 4) is 0 Å². The number of hydrogen-bond donors (Lipinski definition) is 1. The summed E-state index contributed by atoms with van der Waals surface area (Å²) in [7, 11) is 0. The van der Waals surface area contributed by atoms with Gasteiger partial charge in [-0.25, -0.2) is 4.79 Å². The number of nitrogens with zero attached hydrogens (tertiary/aromatic N) is 1. The van der Waals surface area contributed by atoms with Crippen LogP contribution in [0.4, 0.5) is 4.79 Å². The van der Waals surface area contributed by atoms with E-state index < -0.39 is 0 Å². The first-order chi connectivity index (χ1) is 8.29. The maximum absolute atomic E-state index is 11.8. The molecular weight excluding hydrogens is 216 g/mol. The van der Waals surface area contributed by atoms with E-state index in [0.29, 0.717) is 13.0 Å². The first-order valence-electron chi connectivity index (χ1n) is 6.81. The van der Waals surface area contributed by atoms with Crippen LogP contribution in [0.15, 0.2) is 0 Å². The number of hydrogen-bond acceptors (Lipinski definition) is 2.